The highest BCUT2D eigenvalue weighted by atomic mass is 16.5. The summed E-state index contributed by atoms with van der Waals surface area (Å²) >= 11 is 0. The van der Waals surface area contributed by atoms with Crippen molar-refractivity contribution in [2.45, 2.75) is 44.8 Å². The van der Waals surface area contributed by atoms with E-state index < -0.39 is 0 Å². The Morgan fingerprint density at radius 2 is 2.00 bits per heavy atom. The van der Waals surface area contributed by atoms with Crippen LogP contribution in [0, 0.1) is 5.92 Å². The minimum Gasteiger partial charge on any atom is -0.381 e. The minimum atomic E-state index is 0.546. The van der Waals surface area contributed by atoms with Gasteiger partial charge in [0.25, 0.3) is 0 Å². The number of nitrogens with two attached hydrogens (primary N) is 1. The van der Waals surface area contributed by atoms with E-state index in [1.165, 1.54) is 51.9 Å². The lowest BCUT2D eigenvalue weighted by Crippen LogP contribution is -2.94. The molecule has 2 fully saturated rings. The Balaban J connectivity index is 1.69. The summed E-state index contributed by atoms with van der Waals surface area (Å²) in [6.07, 6.45) is 5.83. The average molecular weight is 227 g/mol. The third-order valence-electron chi connectivity index (χ3n) is 4.20. The topological polar surface area (TPSA) is 29.1 Å². The van der Waals surface area contributed by atoms with Crippen LogP contribution in [0.3, 0.4) is 0 Å². The molecule has 0 spiro atoms. The van der Waals surface area contributed by atoms with Crippen molar-refractivity contribution in [2.75, 3.05) is 33.3 Å². The molecule has 2 aliphatic rings. The highest BCUT2D eigenvalue weighted by Crippen LogP contribution is 2.26. The molecule has 0 aromatic rings. The van der Waals surface area contributed by atoms with Gasteiger partial charge in [0, 0.05) is 20.2 Å². The van der Waals surface area contributed by atoms with E-state index >= 15 is 0 Å². The second kappa shape index (κ2) is 5.99. The van der Waals surface area contributed by atoms with Gasteiger partial charge < -0.3 is 10.1 Å². The number of rotatable bonds is 3. The summed E-state index contributed by atoms with van der Waals surface area (Å²) in [5.74, 6) is 0.927. The van der Waals surface area contributed by atoms with E-state index in [2.05, 4.69) is 17.1 Å². The van der Waals surface area contributed by atoms with Crippen LogP contribution in [-0.4, -0.2) is 50.3 Å². The number of piperazine rings is 1. The first kappa shape index (κ1) is 12.3. The van der Waals surface area contributed by atoms with Gasteiger partial charge in [-0.3, -0.25) is 4.90 Å². The van der Waals surface area contributed by atoms with Crippen LogP contribution in [0.2, 0.25) is 0 Å². The van der Waals surface area contributed by atoms with Crippen molar-refractivity contribution >= 4 is 0 Å². The highest BCUT2D eigenvalue weighted by Gasteiger charge is 2.25. The fourth-order valence-electron chi connectivity index (χ4n) is 3.20. The molecular formula is C13H27N2O+. The maximum absolute atomic E-state index is 5.43. The fraction of sp³-hybridized carbons (Fsp3) is 1.00. The molecule has 94 valence electrons. The lowest BCUT2D eigenvalue weighted by Gasteiger charge is -2.35. The van der Waals surface area contributed by atoms with Crippen LogP contribution in [0.4, 0.5) is 0 Å². The van der Waals surface area contributed by atoms with Crippen molar-refractivity contribution in [2.24, 2.45) is 5.92 Å². The molecule has 0 radical (unpaired) electrons. The highest BCUT2D eigenvalue weighted by molar-refractivity contribution is 4.76. The predicted octanol–water partition coefficient (Wildman–Crippen LogP) is 0.459. The zero-order chi connectivity index (χ0) is 11.4. The predicted molar refractivity (Wildman–Crippen MR) is 65.4 cm³/mol. The number of quaternary nitrogens is 1. The zero-order valence-corrected chi connectivity index (χ0v) is 10.8. The van der Waals surface area contributed by atoms with Gasteiger partial charge in [0.1, 0.15) is 0 Å². The first-order valence-corrected chi connectivity index (χ1v) is 6.86. The first-order valence-electron chi connectivity index (χ1n) is 6.86. The summed E-state index contributed by atoms with van der Waals surface area (Å²) in [5, 5.41) is 2.47. The van der Waals surface area contributed by atoms with Crippen LogP contribution in [-0.2, 0) is 4.74 Å². The van der Waals surface area contributed by atoms with Crippen LogP contribution >= 0.6 is 0 Å². The van der Waals surface area contributed by atoms with Crippen molar-refractivity contribution in [3.05, 3.63) is 0 Å². The Kier molecular flexibility index (Phi) is 4.62. The Bertz CT molecular complexity index is 202. The second-order valence-electron chi connectivity index (χ2n) is 5.64. The van der Waals surface area contributed by atoms with Gasteiger partial charge in [-0.2, -0.15) is 0 Å². The second-order valence-corrected chi connectivity index (χ2v) is 5.64. The Hall–Kier alpha value is -0.120. The van der Waals surface area contributed by atoms with E-state index in [1.54, 1.807) is 0 Å². The van der Waals surface area contributed by atoms with Crippen molar-refractivity contribution in [1.82, 2.24) is 4.90 Å². The van der Waals surface area contributed by atoms with Crippen LogP contribution < -0.4 is 5.32 Å². The van der Waals surface area contributed by atoms with Crippen LogP contribution in [0.25, 0.3) is 0 Å². The summed E-state index contributed by atoms with van der Waals surface area (Å²) in [6, 6.07) is 0.795. The molecule has 2 rings (SSSR count). The van der Waals surface area contributed by atoms with Gasteiger partial charge in [0.05, 0.1) is 25.2 Å². The summed E-state index contributed by atoms with van der Waals surface area (Å²) in [5.41, 5.74) is 0. The Morgan fingerprint density at radius 3 is 2.62 bits per heavy atom. The number of hydrogen-bond acceptors (Lipinski definition) is 2. The lowest BCUT2D eigenvalue weighted by molar-refractivity contribution is -0.694. The fourth-order valence-corrected chi connectivity index (χ4v) is 3.20. The van der Waals surface area contributed by atoms with Crippen LogP contribution in [0.1, 0.15) is 32.6 Å². The first-order chi connectivity index (χ1) is 7.78. The number of methoxy groups -OCH3 is 1. The monoisotopic (exact) mass is 227 g/mol. The smallest absolute Gasteiger partial charge is 0.0959 e. The van der Waals surface area contributed by atoms with E-state index in [1.807, 2.05) is 7.11 Å². The molecule has 1 saturated carbocycles. The lowest BCUT2D eigenvalue weighted by atomic mass is 9.87. The van der Waals surface area contributed by atoms with Crippen LogP contribution in [0.15, 0.2) is 0 Å². The molecule has 3 heteroatoms. The molecule has 1 atom stereocenters. The van der Waals surface area contributed by atoms with Gasteiger partial charge in [-0.1, -0.05) is 0 Å². The van der Waals surface area contributed by atoms with Gasteiger partial charge in [0.15, 0.2) is 0 Å². The molecule has 16 heavy (non-hydrogen) atoms. The standard InChI is InChI=1S/C13H26N2O/c1-11-9-15(8-7-14-11)10-12-3-5-13(16-2)6-4-12/h11-14H,3-10H2,1-2H3/p+1/t11-,12?,13?/m0/s1. The third kappa shape index (κ3) is 3.44. The van der Waals surface area contributed by atoms with E-state index in [-0.39, 0.29) is 0 Å². The third-order valence-corrected chi connectivity index (χ3v) is 4.20. The summed E-state index contributed by atoms with van der Waals surface area (Å²) < 4.78 is 5.43. The molecule has 1 heterocycles. The number of nitrogens with zero attached hydrogens (tertiary/aromatic N) is 1. The summed E-state index contributed by atoms with van der Waals surface area (Å²) in [4.78, 5) is 2.67. The molecule has 0 amide bonds. The molecule has 0 aromatic heterocycles. The largest absolute Gasteiger partial charge is 0.381 e. The van der Waals surface area contributed by atoms with Gasteiger partial charge in [0.2, 0.25) is 0 Å². The maximum atomic E-state index is 5.43. The van der Waals surface area contributed by atoms with Crippen molar-refractivity contribution in [1.29, 1.82) is 0 Å². The van der Waals surface area contributed by atoms with E-state index in [0.29, 0.717) is 6.10 Å². The number of ether oxygens (including phenoxy) is 1. The average Bonchev–Trinajstić information content (AvgIpc) is 2.30. The molecule has 1 aliphatic heterocycles. The van der Waals surface area contributed by atoms with Crippen molar-refractivity contribution in [3.63, 3.8) is 0 Å². The normalized spacial score (nSPS) is 37.5. The maximum Gasteiger partial charge on any atom is 0.0959 e. The molecule has 1 aliphatic carbocycles. The summed E-state index contributed by atoms with van der Waals surface area (Å²) in [7, 11) is 1.85. The van der Waals surface area contributed by atoms with Gasteiger partial charge in [-0.05, 0) is 38.5 Å². The minimum absolute atomic E-state index is 0.546. The summed E-state index contributed by atoms with van der Waals surface area (Å²) in [6.45, 7) is 7.52. The SMILES string of the molecule is COC1CCC(CN2CC[NH2+][C@@H](C)C2)CC1. The Labute approximate surface area is 99.5 Å². The van der Waals surface area contributed by atoms with Gasteiger partial charge in [-0.25, -0.2) is 0 Å². The molecule has 3 nitrogen and oxygen atoms in total. The molecular weight excluding hydrogens is 200 g/mol. The van der Waals surface area contributed by atoms with E-state index in [9.17, 15) is 0 Å². The molecule has 1 saturated heterocycles. The quantitative estimate of drug-likeness (QED) is 0.759. The molecule has 0 bridgehead atoms. The zero-order valence-electron chi connectivity index (χ0n) is 10.8. The number of hydrogen-bond donors (Lipinski definition) is 1. The molecule has 0 unspecified atom stereocenters. The van der Waals surface area contributed by atoms with Crippen molar-refractivity contribution in [3.8, 4) is 0 Å². The molecule has 0 aromatic carbocycles. The van der Waals surface area contributed by atoms with Gasteiger partial charge >= 0.3 is 0 Å². The van der Waals surface area contributed by atoms with Crippen LogP contribution in [0.5, 0.6) is 0 Å². The van der Waals surface area contributed by atoms with E-state index in [0.717, 1.165) is 12.0 Å². The van der Waals surface area contributed by atoms with Gasteiger partial charge in [-0.15, -0.1) is 0 Å². The van der Waals surface area contributed by atoms with E-state index in [4.69, 9.17) is 4.74 Å². The Morgan fingerprint density at radius 1 is 1.25 bits per heavy atom. The van der Waals surface area contributed by atoms with Crippen molar-refractivity contribution < 1.29 is 10.1 Å². The molecule has 2 N–H and O–H groups in total.